The molecule has 4 heteroatoms. The average Bonchev–Trinajstić information content (AvgIpc) is 2.34. The zero-order chi connectivity index (χ0) is 17.7. The van der Waals surface area contributed by atoms with Crippen LogP contribution in [0.1, 0.15) is 74.1 Å². The van der Waals surface area contributed by atoms with E-state index in [4.69, 9.17) is 4.74 Å². The van der Waals surface area contributed by atoms with Gasteiger partial charge in [0, 0.05) is 19.1 Å². The van der Waals surface area contributed by atoms with Crippen molar-refractivity contribution in [1.29, 1.82) is 0 Å². The van der Waals surface area contributed by atoms with Crippen LogP contribution in [0.4, 0.5) is 4.79 Å². The van der Waals surface area contributed by atoms with Crippen LogP contribution in [-0.2, 0) is 4.74 Å². The summed E-state index contributed by atoms with van der Waals surface area (Å²) in [6.45, 7) is 17.3. The second kappa shape index (κ2) is 8.36. The van der Waals surface area contributed by atoms with Crippen LogP contribution < -0.4 is 5.32 Å². The highest BCUT2D eigenvalue weighted by atomic mass is 16.6. The Labute approximate surface area is 143 Å². The highest BCUT2D eigenvalue weighted by Gasteiger charge is 2.31. The number of ether oxygens (including phenoxy) is 1. The van der Waals surface area contributed by atoms with Crippen LogP contribution in [0, 0.1) is 11.3 Å². The maximum atomic E-state index is 12.1. The fourth-order valence-electron chi connectivity index (χ4n) is 3.78. The van der Waals surface area contributed by atoms with Crippen molar-refractivity contribution in [2.45, 2.75) is 85.8 Å². The van der Waals surface area contributed by atoms with Gasteiger partial charge in [-0.25, -0.2) is 4.79 Å². The van der Waals surface area contributed by atoms with Gasteiger partial charge in [0.15, 0.2) is 0 Å². The molecular formula is C19H38N2O2. The van der Waals surface area contributed by atoms with Gasteiger partial charge >= 0.3 is 6.09 Å². The molecule has 1 fully saturated rings. The summed E-state index contributed by atoms with van der Waals surface area (Å²) >= 11 is 0. The third-order valence-electron chi connectivity index (χ3n) is 4.46. The Balaban J connectivity index is 2.31. The van der Waals surface area contributed by atoms with Crippen molar-refractivity contribution in [2.75, 3.05) is 19.6 Å². The molecule has 1 aliphatic carbocycles. The third kappa shape index (κ3) is 8.05. The molecule has 0 heterocycles. The first-order chi connectivity index (χ1) is 10.5. The molecule has 1 aliphatic rings. The molecule has 0 saturated heterocycles. The second-order valence-electron chi connectivity index (χ2n) is 8.98. The van der Waals surface area contributed by atoms with Gasteiger partial charge in [0.2, 0.25) is 0 Å². The molecule has 4 nitrogen and oxygen atoms in total. The zero-order valence-electron chi connectivity index (χ0n) is 16.4. The summed E-state index contributed by atoms with van der Waals surface area (Å²) in [5.41, 5.74) is 0.0217. The molecule has 1 rings (SSSR count). The molecule has 23 heavy (non-hydrogen) atoms. The summed E-state index contributed by atoms with van der Waals surface area (Å²) in [5, 5.41) is 3.70. The summed E-state index contributed by atoms with van der Waals surface area (Å²) in [6, 6.07) is 0.616. The number of hydrogen-bond acceptors (Lipinski definition) is 3. The van der Waals surface area contributed by atoms with E-state index in [9.17, 15) is 4.79 Å². The van der Waals surface area contributed by atoms with E-state index in [1.54, 1.807) is 4.90 Å². The Hall–Kier alpha value is -0.770. The maximum absolute atomic E-state index is 12.1. The van der Waals surface area contributed by atoms with E-state index in [1.807, 2.05) is 27.7 Å². The summed E-state index contributed by atoms with van der Waals surface area (Å²) in [6.07, 6.45) is 4.62. The van der Waals surface area contributed by atoms with Crippen molar-refractivity contribution in [3.8, 4) is 0 Å². The lowest BCUT2D eigenvalue weighted by Crippen LogP contribution is -2.42. The number of amides is 1. The van der Waals surface area contributed by atoms with E-state index in [0.29, 0.717) is 18.0 Å². The largest absolute Gasteiger partial charge is 0.444 e. The van der Waals surface area contributed by atoms with E-state index in [1.165, 1.54) is 19.3 Å². The molecule has 1 N–H and O–H groups in total. The van der Waals surface area contributed by atoms with Crippen molar-refractivity contribution >= 4 is 6.09 Å². The smallest absolute Gasteiger partial charge is 0.410 e. The van der Waals surface area contributed by atoms with Gasteiger partial charge in [-0.3, -0.25) is 0 Å². The van der Waals surface area contributed by atoms with E-state index in [-0.39, 0.29) is 6.09 Å². The standard InChI is InChI=1S/C19H38N2O2/c1-8-21(17(22)23-18(3,4)5)11-9-10-20-16-12-15(2)13-19(6,7)14-16/h15-16,20H,8-14H2,1-7H3. The summed E-state index contributed by atoms with van der Waals surface area (Å²) < 4.78 is 5.45. The Kier molecular flexibility index (Phi) is 7.37. The predicted molar refractivity (Wildman–Crippen MR) is 96.7 cm³/mol. The van der Waals surface area contributed by atoms with Crippen LogP contribution >= 0.6 is 0 Å². The van der Waals surface area contributed by atoms with E-state index >= 15 is 0 Å². The van der Waals surface area contributed by atoms with Crippen LogP contribution in [-0.4, -0.2) is 42.3 Å². The maximum Gasteiger partial charge on any atom is 0.410 e. The molecular weight excluding hydrogens is 288 g/mol. The molecule has 0 bridgehead atoms. The minimum Gasteiger partial charge on any atom is -0.444 e. The first-order valence-electron chi connectivity index (χ1n) is 9.24. The Morgan fingerprint density at radius 3 is 2.48 bits per heavy atom. The monoisotopic (exact) mass is 326 g/mol. The summed E-state index contributed by atoms with van der Waals surface area (Å²) in [4.78, 5) is 13.9. The first-order valence-corrected chi connectivity index (χ1v) is 9.24. The van der Waals surface area contributed by atoms with Crippen LogP contribution in [0.2, 0.25) is 0 Å². The molecule has 2 unspecified atom stereocenters. The van der Waals surface area contributed by atoms with Crippen molar-refractivity contribution in [3.63, 3.8) is 0 Å². The van der Waals surface area contributed by atoms with Crippen molar-refractivity contribution in [2.24, 2.45) is 11.3 Å². The molecule has 1 amide bonds. The minimum absolute atomic E-state index is 0.201. The lowest BCUT2D eigenvalue weighted by Gasteiger charge is -2.39. The van der Waals surface area contributed by atoms with Gasteiger partial charge in [0.05, 0.1) is 0 Å². The molecule has 0 aromatic rings. The number of nitrogens with zero attached hydrogens (tertiary/aromatic N) is 1. The topological polar surface area (TPSA) is 41.6 Å². The third-order valence-corrected chi connectivity index (χ3v) is 4.46. The molecule has 0 aromatic carbocycles. The quantitative estimate of drug-likeness (QED) is 0.734. The molecule has 0 aliphatic heterocycles. The Morgan fingerprint density at radius 1 is 1.30 bits per heavy atom. The van der Waals surface area contributed by atoms with Crippen molar-refractivity contribution in [1.82, 2.24) is 10.2 Å². The highest BCUT2D eigenvalue weighted by Crippen LogP contribution is 2.38. The lowest BCUT2D eigenvalue weighted by molar-refractivity contribution is 0.0258. The molecule has 0 aromatic heterocycles. The molecule has 0 radical (unpaired) electrons. The number of carbonyl (C=O) groups is 1. The number of hydrogen-bond donors (Lipinski definition) is 1. The van der Waals surface area contributed by atoms with Gasteiger partial charge in [-0.1, -0.05) is 20.8 Å². The first kappa shape index (κ1) is 20.3. The number of nitrogens with one attached hydrogen (secondary N) is 1. The van der Waals surface area contributed by atoms with Crippen molar-refractivity contribution in [3.05, 3.63) is 0 Å². The van der Waals surface area contributed by atoms with Crippen molar-refractivity contribution < 1.29 is 9.53 Å². The van der Waals surface area contributed by atoms with E-state index in [0.717, 1.165) is 25.4 Å². The fraction of sp³-hybridized carbons (Fsp3) is 0.947. The summed E-state index contributed by atoms with van der Waals surface area (Å²) in [5.74, 6) is 0.796. The normalized spacial score (nSPS) is 24.3. The van der Waals surface area contributed by atoms with E-state index in [2.05, 4.69) is 26.1 Å². The van der Waals surface area contributed by atoms with Crippen LogP contribution in [0.3, 0.4) is 0 Å². The van der Waals surface area contributed by atoms with Gasteiger partial charge in [-0.05, 0) is 71.3 Å². The second-order valence-corrected chi connectivity index (χ2v) is 8.98. The van der Waals surface area contributed by atoms with E-state index < -0.39 is 5.60 Å². The molecule has 1 saturated carbocycles. The zero-order valence-corrected chi connectivity index (χ0v) is 16.4. The van der Waals surface area contributed by atoms with Gasteiger partial charge in [0.25, 0.3) is 0 Å². The fourth-order valence-corrected chi connectivity index (χ4v) is 3.78. The number of rotatable bonds is 6. The Morgan fingerprint density at radius 2 is 1.96 bits per heavy atom. The van der Waals surface area contributed by atoms with Gasteiger partial charge in [-0.2, -0.15) is 0 Å². The van der Waals surface area contributed by atoms with Gasteiger partial charge in [0.1, 0.15) is 5.60 Å². The van der Waals surface area contributed by atoms with Crippen LogP contribution in [0.15, 0.2) is 0 Å². The Bertz CT molecular complexity index is 374. The number of carbonyl (C=O) groups excluding carboxylic acids is 1. The molecule has 2 atom stereocenters. The molecule has 0 spiro atoms. The van der Waals surface area contributed by atoms with Crippen LogP contribution in [0.25, 0.3) is 0 Å². The van der Waals surface area contributed by atoms with Gasteiger partial charge < -0.3 is 15.0 Å². The minimum atomic E-state index is -0.424. The van der Waals surface area contributed by atoms with Gasteiger partial charge in [-0.15, -0.1) is 0 Å². The summed E-state index contributed by atoms with van der Waals surface area (Å²) in [7, 11) is 0. The van der Waals surface area contributed by atoms with Crippen LogP contribution in [0.5, 0.6) is 0 Å². The SMILES string of the molecule is CCN(CCCNC1CC(C)CC(C)(C)C1)C(=O)OC(C)(C)C. The predicted octanol–water partition coefficient (Wildman–Crippen LogP) is 4.44. The average molecular weight is 327 g/mol. The highest BCUT2D eigenvalue weighted by molar-refractivity contribution is 5.68. The molecule has 136 valence electrons. The lowest BCUT2D eigenvalue weighted by atomic mass is 9.70.